The smallest absolute Gasteiger partial charge is 0.243 e. The molecule has 1 aliphatic rings. The molecule has 1 aliphatic heterocycles. The number of amides is 2. The molecule has 1 saturated heterocycles. The molecule has 1 aromatic rings. The molecule has 1 aromatic carbocycles. The van der Waals surface area contributed by atoms with E-state index in [0.29, 0.717) is 25.1 Å². The molecule has 0 saturated carbocycles. The summed E-state index contributed by atoms with van der Waals surface area (Å²) in [5, 5.41) is 5.45. The number of terminal acetylenes is 1. The van der Waals surface area contributed by atoms with Crippen molar-refractivity contribution in [3.63, 3.8) is 0 Å². The summed E-state index contributed by atoms with van der Waals surface area (Å²) in [4.78, 5) is 22.8. The summed E-state index contributed by atoms with van der Waals surface area (Å²) in [5.41, 5.74) is 0.893. The fourth-order valence-electron chi connectivity index (χ4n) is 2.07. The Labute approximate surface area is 131 Å². The predicted molar refractivity (Wildman–Crippen MR) is 81.5 cm³/mol. The first-order valence-electron chi connectivity index (χ1n) is 6.52. The Balaban J connectivity index is 2.02. The van der Waals surface area contributed by atoms with Crippen LogP contribution in [0.4, 0.5) is 0 Å². The molecule has 0 aromatic heterocycles. The zero-order valence-corrected chi connectivity index (χ0v) is 12.9. The summed E-state index contributed by atoms with van der Waals surface area (Å²) in [5.74, 6) is 2.59. The van der Waals surface area contributed by atoms with E-state index >= 15 is 0 Å². The maximum atomic E-state index is 11.7. The maximum Gasteiger partial charge on any atom is 0.243 e. The molecule has 6 heteroatoms. The van der Waals surface area contributed by atoms with Crippen LogP contribution in [-0.2, 0) is 16.1 Å². The fraction of sp³-hybridized carbons (Fsp3) is 0.333. The van der Waals surface area contributed by atoms with Gasteiger partial charge in [-0.15, -0.1) is 6.42 Å². The third-order valence-electron chi connectivity index (χ3n) is 3.11. The van der Waals surface area contributed by atoms with Gasteiger partial charge < -0.3 is 10.1 Å². The topological polar surface area (TPSA) is 67.4 Å². The molecule has 21 heavy (non-hydrogen) atoms. The molecule has 2 N–H and O–H groups in total. The number of benzene rings is 1. The second kappa shape index (κ2) is 7.25. The zero-order chi connectivity index (χ0) is 15.2. The molecule has 0 aliphatic carbocycles. The van der Waals surface area contributed by atoms with Gasteiger partial charge in [0.1, 0.15) is 12.4 Å². The number of nitrogens with one attached hydrogen (secondary N) is 2. The van der Waals surface area contributed by atoms with E-state index in [9.17, 15) is 9.59 Å². The van der Waals surface area contributed by atoms with Crippen LogP contribution >= 0.6 is 15.9 Å². The van der Waals surface area contributed by atoms with E-state index in [0.717, 1.165) is 10.0 Å². The molecule has 1 atom stereocenters. The molecule has 110 valence electrons. The highest BCUT2D eigenvalue weighted by molar-refractivity contribution is 9.10. The van der Waals surface area contributed by atoms with Gasteiger partial charge in [0.05, 0.1) is 6.04 Å². The first-order chi connectivity index (χ1) is 10.1. The van der Waals surface area contributed by atoms with Crippen molar-refractivity contribution in [3.05, 3.63) is 28.2 Å². The molecule has 1 fully saturated rings. The predicted octanol–water partition coefficient (Wildman–Crippen LogP) is 1.36. The van der Waals surface area contributed by atoms with Gasteiger partial charge in [-0.3, -0.25) is 14.9 Å². The van der Waals surface area contributed by atoms with Crippen molar-refractivity contribution < 1.29 is 14.3 Å². The Morgan fingerprint density at radius 1 is 1.48 bits per heavy atom. The lowest BCUT2D eigenvalue weighted by molar-refractivity contribution is -0.134. The minimum absolute atomic E-state index is 0.188. The van der Waals surface area contributed by atoms with Gasteiger partial charge in [0.2, 0.25) is 11.8 Å². The molecular formula is C15H15BrN2O3. The van der Waals surface area contributed by atoms with Crippen molar-refractivity contribution in [2.24, 2.45) is 0 Å². The van der Waals surface area contributed by atoms with Crippen LogP contribution in [0.5, 0.6) is 5.75 Å². The van der Waals surface area contributed by atoms with Crippen LogP contribution < -0.4 is 15.4 Å². The number of carbonyl (C=O) groups is 2. The summed E-state index contributed by atoms with van der Waals surface area (Å²) >= 11 is 3.40. The highest BCUT2D eigenvalue weighted by atomic mass is 79.9. The summed E-state index contributed by atoms with van der Waals surface area (Å²) < 4.78 is 6.39. The van der Waals surface area contributed by atoms with Gasteiger partial charge >= 0.3 is 0 Å². The Bertz CT molecular complexity index is 595. The van der Waals surface area contributed by atoms with Crippen LogP contribution in [0.3, 0.4) is 0 Å². The van der Waals surface area contributed by atoms with E-state index in [4.69, 9.17) is 11.2 Å². The van der Waals surface area contributed by atoms with E-state index < -0.39 is 0 Å². The Morgan fingerprint density at radius 3 is 3.00 bits per heavy atom. The summed E-state index contributed by atoms with van der Waals surface area (Å²) in [6.45, 7) is 0.638. The maximum absolute atomic E-state index is 11.7. The van der Waals surface area contributed by atoms with Gasteiger partial charge in [-0.25, -0.2) is 0 Å². The van der Waals surface area contributed by atoms with E-state index in [1.807, 2.05) is 18.2 Å². The summed E-state index contributed by atoms with van der Waals surface area (Å²) in [6, 6.07) is 5.22. The first kappa shape index (κ1) is 15.5. The number of hydrogen-bond acceptors (Lipinski definition) is 4. The molecule has 5 nitrogen and oxygen atoms in total. The Kier molecular flexibility index (Phi) is 5.37. The van der Waals surface area contributed by atoms with Gasteiger partial charge in [0, 0.05) is 23.0 Å². The number of imide groups is 1. The third kappa shape index (κ3) is 4.31. The van der Waals surface area contributed by atoms with Crippen molar-refractivity contribution in [3.8, 4) is 18.1 Å². The van der Waals surface area contributed by atoms with Crippen molar-refractivity contribution in [1.82, 2.24) is 10.6 Å². The van der Waals surface area contributed by atoms with Gasteiger partial charge in [-0.05, 0) is 24.6 Å². The first-order valence-corrected chi connectivity index (χ1v) is 7.31. The number of carbonyl (C=O) groups excluding carboxylic acids is 2. The number of piperidine rings is 1. The highest BCUT2D eigenvalue weighted by Crippen LogP contribution is 2.23. The van der Waals surface area contributed by atoms with Crippen molar-refractivity contribution in [2.45, 2.75) is 25.4 Å². The molecular weight excluding hydrogens is 336 g/mol. The van der Waals surface area contributed by atoms with E-state index in [-0.39, 0.29) is 24.5 Å². The molecule has 0 radical (unpaired) electrons. The second-order valence-electron chi connectivity index (χ2n) is 4.63. The van der Waals surface area contributed by atoms with Gasteiger partial charge in [0.25, 0.3) is 0 Å². The van der Waals surface area contributed by atoms with Crippen LogP contribution in [-0.4, -0.2) is 24.5 Å². The third-order valence-corrected chi connectivity index (χ3v) is 3.60. The molecule has 1 unspecified atom stereocenters. The second-order valence-corrected chi connectivity index (χ2v) is 5.55. The van der Waals surface area contributed by atoms with E-state index in [2.05, 4.69) is 32.5 Å². The molecule has 2 rings (SSSR count). The summed E-state index contributed by atoms with van der Waals surface area (Å²) in [6.07, 6.45) is 6.04. The normalized spacial score (nSPS) is 18.0. The largest absolute Gasteiger partial charge is 0.481 e. The van der Waals surface area contributed by atoms with Crippen molar-refractivity contribution >= 4 is 27.7 Å². The standard InChI is InChI=1S/C15H15BrN2O3/c1-2-7-21-13-5-3-11(16)8-10(13)9-17-12-4-6-14(19)18-15(12)20/h1,3,5,8,12,17H,4,6-7,9H2,(H,18,19,20). The number of ether oxygens (including phenoxy) is 1. The van der Waals surface area contributed by atoms with Crippen LogP contribution in [0.1, 0.15) is 18.4 Å². The quantitative estimate of drug-likeness (QED) is 0.621. The summed E-state index contributed by atoms with van der Waals surface area (Å²) in [7, 11) is 0. The SMILES string of the molecule is C#CCOc1ccc(Br)cc1CNC1CCC(=O)NC1=O. The van der Waals surface area contributed by atoms with Crippen LogP contribution in [0, 0.1) is 12.3 Å². The lowest BCUT2D eigenvalue weighted by atomic mass is 10.1. The highest BCUT2D eigenvalue weighted by Gasteiger charge is 2.26. The van der Waals surface area contributed by atoms with Crippen LogP contribution in [0.2, 0.25) is 0 Å². The van der Waals surface area contributed by atoms with E-state index in [1.54, 1.807) is 0 Å². The monoisotopic (exact) mass is 350 g/mol. The Morgan fingerprint density at radius 2 is 2.29 bits per heavy atom. The van der Waals surface area contributed by atoms with Gasteiger partial charge in [-0.2, -0.15) is 0 Å². The average Bonchev–Trinajstić information content (AvgIpc) is 2.45. The zero-order valence-electron chi connectivity index (χ0n) is 11.3. The van der Waals surface area contributed by atoms with Crippen molar-refractivity contribution in [1.29, 1.82) is 0 Å². The molecule has 0 bridgehead atoms. The Hall–Kier alpha value is -1.84. The van der Waals surface area contributed by atoms with Crippen LogP contribution in [0.15, 0.2) is 22.7 Å². The fourth-order valence-corrected chi connectivity index (χ4v) is 2.48. The number of rotatable bonds is 5. The molecule has 2 amide bonds. The minimum atomic E-state index is -0.373. The van der Waals surface area contributed by atoms with Gasteiger partial charge in [-0.1, -0.05) is 21.9 Å². The lowest BCUT2D eigenvalue weighted by Gasteiger charge is -2.22. The molecule has 1 heterocycles. The lowest BCUT2D eigenvalue weighted by Crippen LogP contribution is -2.50. The van der Waals surface area contributed by atoms with Crippen molar-refractivity contribution in [2.75, 3.05) is 6.61 Å². The average molecular weight is 351 g/mol. The van der Waals surface area contributed by atoms with Gasteiger partial charge in [0.15, 0.2) is 0 Å². The van der Waals surface area contributed by atoms with E-state index in [1.165, 1.54) is 0 Å². The number of hydrogen-bond donors (Lipinski definition) is 2. The minimum Gasteiger partial charge on any atom is -0.481 e. The van der Waals surface area contributed by atoms with Crippen LogP contribution in [0.25, 0.3) is 0 Å². The molecule has 0 spiro atoms. The number of halogens is 1.